The molecule has 4 heterocycles. The summed E-state index contributed by atoms with van der Waals surface area (Å²) in [7, 11) is 0. The number of rotatable bonds is 6. The molecular formula is C23H19ClN6O2. The fourth-order valence-electron chi connectivity index (χ4n) is 3.70. The molecule has 0 atom stereocenters. The van der Waals surface area contributed by atoms with Gasteiger partial charge in [0.1, 0.15) is 12.3 Å². The molecule has 1 N–H and O–H groups in total. The Labute approximate surface area is 188 Å². The van der Waals surface area contributed by atoms with E-state index in [0.717, 1.165) is 28.0 Å². The van der Waals surface area contributed by atoms with Crippen LogP contribution in [0, 0.1) is 6.92 Å². The van der Waals surface area contributed by atoms with Crippen molar-refractivity contribution in [3.8, 4) is 11.3 Å². The van der Waals surface area contributed by atoms with Gasteiger partial charge in [-0.05, 0) is 42.8 Å². The molecule has 32 heavy (non-hydrogen) atoms. The molecule has 4 aromatic heterocycles. The highest BCUT2D eigenvalue weighted by atomic mass is 35.5. The first-order valence-corrected chi connectivity index (χ1v) is 10.4. The Kier molecular flexibility index (Phi) is 5.20. The maximum atomic E-state index is 12.7. The smallest absolute Gasteiger partial charge is 0.246 e. The zero-order chi connectivity index (χ0) is 22.1. The summed E-state index contributed by atoms with van der Waals surface area (Å²) in [6.07, 6.45) is 6.71. The number of hydrogen-bond donors (Lipinski definition) is 1. The number of amides is 1. The summed E-state index contributed by atoms with van der Waals surface area (Å²) in [6.45, 7) is 2.47. The summed E-state index contributed by atoms with van der Waals surface area (Å²) in [5.41, 5.74) is 3.93. The quantitative estimate of drug-likeness (QED) is 0.413. The van der Waals surface area contributed by atoms with Gasteiger partial charge in [-0.2, -0.15) is 10.2 Å². The van der Waals surface area contributed by atoms with Crippen LogP contribution in [0.3, 0.4) is 0 Å². The topological polar surface area (TPSA) is 90.8 Å². The predicted octanol–water partition coefficient (Wildman–Crippen LogP) is 4.54. The number of carbonyl (C=O) groups excluding carboxylic acids is 1. The molecule has 5 rings (SSSR count). The largest absolute Gasteiger partial charge is 0.464 e. The van der Waals surface area contributed by atoms with E-state index < -0.39 is 0 Å². The van der Waals surface area contributed by atoms with Crippen molar-refractivity contribution in [3.05, 3.63) is 83.6 Å². The molecule has 0 saturated heterocycles. The molecule has 0 aliphatic heterocycles. The first kappa shape index (κ1) is 20.0. The zero-order valence-electron chi connectivity index (χ0n) is 17.2. The highest BCUT2D eigenvalue weighted by molar-refractivity contribution is 6.30. The average Bonchev–Trinajstić information content (AvgIpc) is 3.50. The Hall–Kier alpha value is -3.91. The number of hydrogen-bond acceptors (Lipinski definition) is 5. The molecule has 0 bridgehead atoms. The number of benzene rings is 1. The van der Waals surface area contributed by atoms with Gasteiger partial charge in [-0.1, -0.05) is 23.7 Å². The third-order valence-electron chi connectivity index (χ3n) is 5.04. The van der Waals surface area contributed by atoms with Gasteiger partial charge in [0, 0.05) is 23.0 Å². The van der Waals surface area contributed by atoms with Crippen molar-refractivity contribution >= 4 is 34.2 Å². The summed E-state index contributed by atoms with van der Waals surface area (Å²) in [6, 6.07) is 13.2. The van der Waals surface area contributed by atoms with Crippen LogP contribution in [0.2, 0.25) is 5.02 Å². The Morgan fingerprint density at radius 1 is 1.22 bits per heavy atom. The van der Waals surface area contributed by atoms with Crippen LogP contribution >= 0.6 is 11.6 Å². The van der Waals surface area contributed by atoms with E-state index in [-0.39, 0.29) is 12.5 Å². The van der Waals surface area contributed by atoms with Crippen LogP contribution in [0.5, 0.6) is 0 Å². The monoisotopic (exact) mass is 446 g/mol. The fourth-order valence-corrected chi connectivity index (χ4v) is 3.92. The molecule has 0 radical (unpaired) electrons. The summed E-state index contributed by atoms with van der Waals surface area (Å²) in [5, 5.41) is 13.2. The van der Waals surface area contributed by atoms with E-state index in [9.17, 15) is 4.79 Å². The molecule has 1 amide bonds. The van der Waals surface area contributed by atoms with Crippen LogP contribution in [-0.4, -0.2) is 30.5 Å². The number of halogens is 1. The Morgan fingerprint density at radius 3 is 2.94 bits per heavy atom. The molecule has 9 heteroatoms. The van der Waals surface area contributed by atoms with Gasteiger partial charge in [-0.25, -0.2) is 9.67 Å². The van der Waals surface area contributed by atoms with E-state index in [1.165, 1.54) is 0 Å². The van der Waals surface area contributed by atoms with Gasteiger partial charge >= 0.3 is 0 Å². The van der Waals surface area contributed by atoms with E-state index >= 15 is 0 Å². The van der Waals surface area contributed by atoms with Gasteiger partial charge in [-0.3, -0.25) is 9.48 Å². The van der Waals surface area contributed by atoms with Gasteiger partial charge in [0.25, 0.3) is 0 Å². The molecule has 160 valence electrons. The highest BCUT2D eigenvalue weighted by Crippen LogP contribution is 2.30. The number of furan rings is 1. The number of aromatic nitrogens is 5. The van der Waals surface area contributed by atoms with Crippen molar-refractivity contribution in [1.29, 1.82) is 0 Å². The Bertz CT molecular complexity index is 1400. The molecule has 0 aliphatic carbocycles. The number of fused-ring (bicyclic) bond motifs is 1. The second kappa shape index (κ2) is 8.32. The standard InChI is InChI=1S/C23H19ClN6O2/c1-15-22-19(20-6-3-9-32-20)7-8-25-23(22)30(28-15)14-21(31)27-18-11-26-29(13-18)12-16-4-2-5-17(24)10-16/h2-11,13H,12,14H2,1H3,(H,27,31). The van der Waals surface area contributed by atoms with E-state index in [4.69, 9.17) is 16.0 Å². The minimum Gasteiger partial charge on any atom is -0.464 e. The van der Waals surface area contributed by atoms with E-state index in [0.29, 0.717) is 22.9 Å². The molecule has 1 aromatic carbocycles. The number of carbonyl (C=O) groups is 1. The van der Waals surface area contributed by atoms with Crippen molar-refractivity contribution in [3.63, 3.8) is 0 Å². The maximum absolute atomic E-state index is 12.7. The van der Waals surface area contributed by atoms with Crippen molar-refractivity contribution in [2.24, 2.45) is 0 Å². The average molecular weight is 447 g/mol. The van der Waals surface area contributed by atoms with Crippen LogP contribution in [0.4, 0.5) is 5.69 Å². The molecule has 0 unspecified atom stereocenters. The van der Waals surface area contributed by atoms with Crippen molar-refractivity contribution in [2.75, 3.05) is 5.32 Å². The van der Waals surface area contributed by atoms with Crippen molar-refractivity contribution in [2.45, 2.75) is 20.0 Å². The summed E-state index contributed by atoms with van der Waals surface area (Å²) in [5.74, 6) is 0.513. The van der Waals surface area contributed by atoms with Gasteiger partial charge < -0.3 is 9.73 Å². The Morgan fingerprint density at radius 2 is 2.12 bits per heavy atom. The summed E-state index contributed by atoms with van der Waals surface area (Å²) in [4.78, 5) is 17.1. The predicted molar refractivity (Wildman–Crippen MR) is 121 cm³/mol. The molecule has 5 aromatic rings. The lowest BCUT2D eigenvalue weighted by atomic mass is 10.1. The second-order valence-electron chi connectivity index (χ2n) is 7.38. The summed E-state index contributed by atoms with van der Waals surface area (Å²) >= 11 is 6.04. The van der Waals surface area contributed by atoms with E-state index in [2.05, 4.69) is 20.5 Å². The number of nitrogens with zero attached hydrogens (tertiary/aromatic N) is 5. The van der Waals surface area contributed by atoms with Crippen molar-refractivity contribution < 1.29 is 9.21 Å². The molecular weight excluding hydrogens is 428 g/mol. The van der Waals surface area contributed by atoms with Crippen LogP contribution in [0.15, 0.2) is 71.7 Å². The van der Waals surface area contributed by atoms with Crippen LogP contribution in [0.25, 0.3) is 22.4 Å². The number of aryl methyl sites for hydroxylation is 1. The van der Waals surface area contributed by atoms with Crippen molar-refractivity contribution in [1.82, 2.24) is 24.5 Å². The zero-order valence-corrected chi connectivity index (χ0v) is 18.0. The number of anilines is 1. The number of pyridine rings is 1. The fraction of sp³-hybridized carbons (Fsp3) is 0.130. The van der Waals surface area contributed by atoms with E-state index in [1.54, 1.807) is 34.2 Å². The van der Waals surface area contributed by atoms with Gasteiger partial charge in [0.15, 0.2) is 5.65 Å². The first-order valence-electron chi connectivity index (χ1n) is 9.99. The summed E-state index contributed by atoms with van der Waals surface area (Å²) < 4.78 is 8.88. The molecule has 0 spiro atoms. The second-order valence-corrected chi connectivity index (χ2v) is 7.82. The minimum absolute atomic E-state index is 0.0262. The lowest BCUT2D eigenvalue weighted by molar-refractivity contribution is -0.116. The Balaban J connectivity index is 1.32. The SMILES string of the molecule is Cc1nn(CC(=O)Nc2cnn(Cc3cccc(Cl)c3)c2)c2nccc(-c3ccco3)c12. The third kappa shape index (κ3) is 4.00. The van der Waals surface area contributed by atoms with Gasteiger partial charge in [0.2, 0.25) is 5.91 Å². The third-order valence-corrected chi connectivity index (χ3v) is 5.27. The first-order chi connectivity index (χ1) is 15.6. The lowest BCUT2D eigenvalue weighted by Crippen LogP contribution is -2.19. The lowest BCUT2D eigenvalue weighted by Gasteiger charge is -2.05. The minimum atomic E-state index is -0.220. The normalized spacial score (nSPS) is 11.2. The van der Waals surface area contributed by atoms with Crippen LogP contribution in [-0.2, 0) is 17.9 Å². The molecule has 8 nitrogen and oxygen atoms in total. The maximum Gasteiger partial charge on any atom is 0.246 e. The highest BCUT2D eigenvalue weighted by Gasteiger charge is 2.17. The van der Waals surface area contributed by atoms with Gasteiger partial charge in [-0.15, -0.1) is 0 Å². The van der Waals surface area contributed by atoms with Crippen LogP contribution < -0.4 is 5.32 Å². The van der Waals surface area contributed by atoms with E-state index in [1.807, 2.05) is 49.4 Å². The molecule has 0 saturated carbocycles. The van der Waals surface area contributed by atoms with Gasteiger partial charge in [0.05, 0.1) is 35.8 Å². The number of nitrogens with one attached hydrogen (secondary N) is 1. The molecule has 0 fully saturated rings. The van der Waals surface area contributed by atoms with Crippen LogP contribution in [0.1, 0.15) is 11.3 Å². The molecule has 0 aliphatic rings.